The molecule has 0 spiro atoms. The van der Waals surface area contributed by atoms with Crippen LogP contribution in [0.25, 0.3) is 0 Å². The highest BCUT2D eigenvalue weighted by molar-refractivity contribution is 7.99. The Kier molecular flexibility index (Phi) is 7.14. The topological polar surface area (TPSA) is 12.0 Å². The van der Waals surface area contributed by atoms with Gasteiger partial charge in [0.15, 0.2) is 0 Å². The van der Waals surface area contributed by atoms with Crippen molar-refractivity contribution in [3.63, 3.8) is 0 Å². The van der Waals surface area contributed by atoms with Gasteiger partial charge in [0.25, 0.3) is 0 Å². The van der Waals surface area contributed by atoms with Gasteiger partial charge in [-0.3, -0.25) is 0 Å². The zero-order valence-electron chi connectivity index (χ0n) is 12.4. The molecule has 1 unspecified atom stereocenters. The summed E-state index contributed by atoms with van der Waals surface area (Å²) in [6.07, 6.45) is 1.16. The molecule has 3 heteroatoms. The molecule has 0 fully saturated rings. The predicted octanol–water partition coefficient (Wildman–Crippen LogP) is 5.22. The highest BCUT2D eigenvalue weighted by atomic mass is 35.5. The number of benzene rings is 2. The summed E-state index contributed by atoms with van der Waals surface area (Å²) in [5.74, 6) is 1.67. The minimum Gasteiger partial charge on any atom is -0.316 e. The lowest BCUT2D eigenvalue weighted by molar-refractivity contribution is 0.587. The monoisotopic (exact) mass is 319 g/mol. The molecule has 21 heavy (non-hydrogen) atoms. The number of nitrogens with one attached hydrogen (secondary N) is 1. The summed E-state index contributed by atoms with van der Waals surface area (Å²) in [5.41, 5.74) is 1.37. The lowest BCUT2D eigenvalue weighted by Crippen LogP contribution is -2.21. The van der Waals surface area contributed by atoms with Crippen LogP contribution >= 0.6 is 23.4 Å². The number of likely N-dealkylation sites (N-methyl/N-ethyl adjacent to an activating group) is 1. The average Bonchev–Trinajstić information content (AvgIpc) is 2.53. The Hall–Kier alpha value is -0.960. The molecule has 1 atom stereocenters. The molecule has 1 N–H and O–H groups in total. The Morgan fingerprint density at radius 3 is 2.43 bits per heavy atom. The molecule has 0 aliphatic carbocycles. The third kappa shape index (κ3) is 5.74. The molecule has 0 amide bonds. The SMILES string of the molecule is CCNCC(CCSc1ccccc1)c1ccc(Cl)cc1. The first-order chi connectivity index (χ1) is 10.3. The lowest BCUT2D eigenvalue weighted by Gasteiger charge is -2.18. The fourth-order valence-corrected chi connectivity index (χ4v) is 3.39. The van der Waals surface area contributed by atoms with Gasteiger partial charge in [-0.05, 0) is 54.5 Å². The van der Waals surface area contributed by atoms with Gasteiger partial charge >= 0.3 is 0 Å². The molecule has 1 nitrogen and oxygen atoms in total. The van der Waals surface area contributed by atoms with E-state index < -0.39 is 0 Å². The van der Waals surface area contributed by atoms with E-state index in [4.69, 9.17) is 11.6 Å². The zero-order chi connectivity index (χ0) is 14.9. The normalized spacial score (nSPS) is 12.3. The van der Waals surface area contributed by atoms with Gasteiger partial charge in [-0.2, -0.15) is 0 Å². The third-order valence-electron chi connectivity index (χ3n) is 3.46. The van der Waals surface area contributed by atoms with Crippen molar-refractivity contribution in [2.45, 2.75) is 24.2 Å². The van der Waals surface area contributed by atoms with E-state index in [1.165, 1.54) is 10.5 Å². The summed E-state index contributed by atoms with van der Waals surface area (Å²) in [6.45, 7) is 4.18. The molecule has 0 saturated carbocycles. The van der Waals surface area contributed by atoms with E-state index in [1.807, 2.05) is 23.9 Å². The molecule has 2 aromatic carbocycles. The smallest absolute Gasteiger partial charge is 0.0406 e. The second kappa shape index (κ2) is 9.14. The number of hydrogen-bond donors (Lipinski definition) is 1. The average molecular weight is 320 g/mol. The maximum absolute atomic E-state index is 5.99. The van der Waals surface area contributed by atoms with Crippen LogP contribution in [0.3, 0.4) is 0 Å². The summed E-state index contributed by atoms with van der Waals surface area (Å²) < 4.78 is 0. The van der Waals surface area contributed by atoms with Crippen LogP contribution in [0.1, 0.15) is 24.8 Å². The standard InChI is InChI=1S/C18H22ClNS/c1-2-20-14-16(15-8-10-17(19)11-9-15)12-13-21-18-6-4-3-5-7-18/h3-11,16,20H,2,12-14H2,1H3. The van der Waals surface area contributed by atoms with Crippen molar-refractivity contribution in [2.24, 2.45) is 0 Å². The van der Waals surface area contributed by atoms with Crippen LogP contribution in [0.15, 0.2) is 59.5 Å². The molecule has 0 aliphatic heterocycles. The highest BCUT2D eigenvalue weighted by Gasteiger charge is 2.11. The second-order valence-electron chi connectivity index (χ2n) is 5.01. The lowest BCUT2D eigenvalue weighted by atomic mass is 9.96. The van der Waals surface area contributed by atoms with E-state index in [-0.39, 0.29) is 0 Å². The van der Waals surface area contributed by atoms with Crippen molar-refractivity contribution in [2.75, 3.05) is 18.8 Å². The van der Waals surface area contributed by atoms with Crippen molar-refractivity contribution in [1.29, 1.82) is 0 Å². The van der Waals surface area contributed by atoms with Gasteiger partial charge in [-0.1, -0.05) is 48.9 Å². The van der Waals surface area contributed by atoms with Gasteiger partial charge in [0, 0.05) is 16.5 Å². The number of halogens is 1. The number of hydrogen-bond acceptors (Lipinski definition) is 2. The van der Waals surface area contributed by atoms with E-state index >= 15 is 0 Å². The summed E-state index contributed by atoms with van der Waals surface area (Å²) in [4.78, 5) is 1.34. The van der Waals surface area contributed by atoms with Crippen LogP contribution in [-0.2, 0) is 0 Å². The first-order valence-corrected chi connectivity index (χ1v) is 8.80. The summed E-state index contributed by atoms with van der Waals surface area (Å²) in [6, 6.07) is 18.9. The van der Waals surface area contributed by atoms with Crippen LogP contribution in [0.2, 0.25) is 5.02 Å². The van der Waals surface area contributed by atoms with Gasteiger partial charge in [0.2, 0.25) is 0 Å². The molecule has 2 rings (SSSR count). The summed E-state index contributed by atoms with van der Waals surface area (Å²) >= 11 is 7.91. The molecule has 0 radical (unpaired) electrons. The molecule has 0 saturated heterocycles. The Bertz CT molecular complexity index is 513. The van der Waals surface area contributed by atoms with Crippen LogP contribution in [0.5, 0.6) is 0 Å². The van der Waals surface area contributed by atoms with Gasteiger partial charge in [0.05, 0.1) is 0 Å². The summed E-state index contributed by atoms with van der Waals surface area (Å²) in [7, 11) is 0. The van der Waals surface area contributed by atoms with Crippen LogP contribution < -0.4 is 5.32 Å². The summed E-state index contributed by atoms with van der Waals surface area (Å²) in [5, 5.41) is 4.27. The fraction of sp³-hybridized carbons (Fsp3) is 0.333. The fourth-order valence-electron chi connectivity index (χ4n) is 2.28. The Morgan fingerprint density at radius 1 is 1.05 bits per heavy atom. The number of thioether (sulfide) groups is 1. The largest absolute Gasteiger partial charge is 0.316 e. The first kappa shape index (κ1) is 16.4. The molecular weight excluding hydrogens is 298 g/mol. The Balaban J connectivity index is 1.91. The predicted molar refractivity (Wildman–Crippen MR) is 94.5 cm³/mol. The minimum absolute atomic E-state index is 0.540. The highest BCUT2D eigenvalue weighted by Crippen LogP contribution is 2.26. The Morgan fingerprint density at radius 2 is 1.76 bits per heavy atom. The molecule has 0 aliphatic rings. The maximum atomic E-state index is 5.99. The van der Waals surface area contributed by atoms with Crippen molar-refractivity contribution < 1.29 is 0 Å². The van der Waals surface area contributed by atoms with Crippen LogP contribution in [-0.4, -0.2) is 18.8 Å². The maximum Gasteiger partial charge on any atom is 0.0406 e. The molecule has 112 valence electrons. The quantitative estimate of drug-likeness (QED) is 0.670. The van der Waals surface area contributed by atoms with E-state index in [0.717, 1.165) is 30.3 Å². The minimum atomic E-state index is 0.540. The van der Waals surface area contributed by atoms with Crippen molar-refractivity contribution in [3.8, 4) is 0 Å². The van der Waals surface area contributed by atoms with Crippen molar-refractivity contribution in [3.05, 3.63) is 65.2 Å². The molecule has 0 bridgehead atoms. The van der Waals surface area contributed by atoms with E-state index in [9.17, 15) is 0 Å². The van der Waals surface area contributed by atoms with Gasteiger partial charge in [0.1, 0.15) is 0 Å². The van der Waals surface area contributed by atoms with Crippen LogP contribution in [0, 0.1) is 0 Å². The first-order valence-electron chi connectivity index (χ1n) is 7.43. The van der Waals surface area contributed by atoms with Gasteiger partial charge in [-0.15, -0.1) is 11.8 Å². The molecule has 0 aromatic heterocycles. The van der Waals surface area contributed by atoms with Crippen molar-refractivity contribution >= 4 is 23.4 Å². The Labute approximate surface area is 137 Å². The second-order valence-corrected chi connectivity index (χ2v) is 6.61. The van der Waals surface area contributed by atoms with Gasteiger partial charge in [-0.25, -0.2) is 0 Å². The van der Waals surface area contributed by atoms with E-state index in [1.54, 1.807) is 0 Å². The molecular formula is C18H22ClNS. The zero-order valence-corrected chi connectivity index (χ0v) is 14.0. The van der Waals surface area contributed by atoms with Crippen LogP contribution in [0.4, 0.5) is 0 Å². The van der Waals surface area contributed by atoms with Gasteiger partial charge < -0.3 is 5.32 Å². The van der Waals surface area contributed by atoms with Crippen molar-refractivity contribution in [1.82, 2.24) is 5.32 Å². The number of rotatable bonds is 8. The third-order valence-corrected chi connectivity index (χ3v) is 4.76. The molecule has 2 aromatic rings. The molecule has 0 heterocycles. The van der Waals surface area contributed by atoms with E-state index in [2.05, 4.69) is 54.7 Å². The van der Waals surface area contributed by atoms with E-state index in [0.29, 0.717) is 5.92 Å².